The van der Waals surface area contributed by atoms with Gasteiger partial charge < -0.3 is 16.0 Å². The maximum Gasteiger partial charge on any atom is 0.219 e. The van der Waals surface area contributed by atoms with E-state index < -0.39 is 0 Å². The maximum absolute atomic E-state index is 11.6. The third-order valence-electron chi connectivity index (χ3n) is 5.49. The number of amides is 1. The third kappa shape index (κ3) is 25.1. The summed E-state index contributed by atoms with van der Waals surface area (Å²) in [5.41, 5.74) is 0.904. The molecule has 29 heavy (non-hydrogen) atoms. The van der Waals surface area contributed by atoms with Crippen molar-refractivity contribution in [2.24, 2.45) is 0 Å². The lowest BCUT2D eigenvalue weighted by Gasteiger charge is -2.05. The number of allylic oxidation sites excluding steroid dienone is 2. The Morgan fingerprint density at radius 1 is 0.724 bits per heavy atom. The Morgan fingerprint density at radius 3 is 1.72 bits per heavy atom. The van der Waals surface area contributed by atoms with Crippen molar-refractivity contribution in [2.75, 3.05) is 13.1 Å². The quantitative estimate of drug-likeness (QED) is 0.120. The lowest BCUT2D eigenvalue weighted by Crippen LogP contribution is -2.77. The van der Waals surface area contributed by atoms with E-state index in [1.807, 2.05) is 0 Å². The standard InChI is InChI=1S/C25H50N2O2/c1-2-3-4-5-6-7-8-9-10-11-12-13-14-15-16-17-18-19-20-22-25(28)26-23-21-24-27-29/h9-10H,2-8,11-24,27H2,1H3,(H,26,28)/b10-9-. The fourth-order valence-corrected chi connectivity index (χ4v) is 3.56. The molecule has 0 spiro atoms. The second-order valence-electron chi connectivity index (χ2n) is 8.41. The van der Waals surface area contributed by atoms with Crippen molar-refractivity contribution in [3.8, 4) is 0 Å². The van der Waals surface area contributed by atoms with Gasteiger partial charge in [0.05, 0.1) is 6.54 Å². The van der Waals surface area contributed by atoms with E-state index in [4.69, 9.17) is 0 Å². The predicted octanol–water partition coefficient (Wildman–Crippen LogP) is 6.15. The largest absolute Gasteiger partial charge is 0.636 e. The zero-order chi connectivity index (χ0) is 21.3. The van der Waals surface area contributed by atoms with Crippen LogP contribution in [0.2, 0.25) is 0 Å². The lowest BCUT2D eigenvalue weighted by molar-refractivity contribution is -0.588. The Bertz CT molecular complexity index is 359. The Balaban J connectivity index is 3.14. The van der Waals surface area contributed by atoms with Gasteiger partial charge in [-0.05, 0) is 32.1 Å². The van der Waals surface area contributed by atoms with Crippen LogP contribution in [0.1, 0.15) is 129 Å². The van der Waals surface area contributed by atoms with Crippen LogP contribution < -0.4 is 10.8 Å². The van der Waals surface area contributed by atoms with E-state index in [1.54, 1.807) is 0 Å². The summed E-state index contributed by atoms with van der Waals surface area (Å²) in [6.45, 7) is 3.44. The lowest BCUT2D eigenvalue weighted by atomic mass is 10.1. The van der Waals surface area contributed by atoms with Crippen molar-refractivity contribution < 1.29 is 10.3 Å². The van der Waals surface area contributed by atoms with Gasteiger partial charge in [-0.3, -0.25) is 4.79 Å². The van der Waals surface area contributed by atoms with Gasteiger partial charge in [-0.25, -0.2) is 0 Å². The van der Waals surface area contributed by atoms with Gasteiger partial charge in [0.25, 0.3) is 0 Å². The normalized spacial score (nSPS) is 11.4. The highest BCUT2D eigenvalue weighted by molar-refractivity contribution is 5.75. The van der Waals surface area contributed by atoms with E-state index in [2.05, 4.69) is 24.4 Å². The first-order valence-corrected chi connectivity index (χ1v) is 12.7. The van der Waals surface area contributed by atoms with E-state index in [9.17, 15) is 10.0 Å². The molecular formula is C25H50N2O2. The fraction of sp³-hybridized carbons (Fsp3) is 0.880. The van der Waals surface area contributed by atoms with Gasteiger partial charge in [-0.1, -0.05) is 96.1 Å². The molecule has 0 rings (SSSR count). The molecule has 1 amide bonds. The molecule has 0 aromatic heterocycles. The van der Waals surface area contributed by atoms with Crippen LogP contribution in [0.4, 0.5) is 0 Å². The number of hydrogen-bond acceptors (Lipinski definition) is 2. The molecule has 0 unspecified atom stereocenters. The third-order valence-corrected chi connectivity index (χ3v) is 5.49. The van der Waals surface area contributed by atoms with E-state index >= 15 is 0 Å². The van der Waals surface area contributed by atoms with E-state index in [-0.39, 0.29) is 5.91 Å². The van der Waals surface area contributed by atoms with Crippen molar-refractivity contribution in [3.05, 3.63) is 17.4 Å². The minimum absolute atomic E-state index is 0.136. The number of rotatable bonds is 23. The first-order chi connectivity index (χ1) is 14.3. The zero-order valence-corrected chi connectivity index (χ0v) is 19.4. The summed E-state index contributed by atoms with van der Waals surface area (Å²) in [6, 6.07) is 0. The Morgan fingerprint density at radius 2 is 1.21 bits per heavy atom. The van der Waals surface area contributed by atoms with Gasteiger partial charge >= 0.3 is 0 Å². The number of hydroxylamine groups is 1. The van der Waals surface area contributed by atoms with Crippen LogP contribution in [0.5, 0.6) is 0 Å². The second kappa shape index (κ2) is 25.2. The number of carbonyl (C=O) groups excluding carboxylic acids is 1. The molecule has 0 aliphatic rings. The van der Waals surface area contributed by atoms with Gasteiger partial charge in [0.1, 0.15) is 0 Å². The number of hydrogen-bond donors (Lipinski definition) is 2. The highest BCUT2D eigenvalue weighted by atomic mass is 16.5. The molecule has 0 aromatic carbocycles. The van der Waals surface area contributed by atoms with Crippen molar-refractivity contribution in [1.29, 1.82) is 0 Å². The van der Waals surface area contributed by atoms with Gasteiger partial charge in [0.15, 0.2) is 0 Å². The Hall–Kier alpha value is -0.870. The molecule has 172 valence electrons. The molecule has 0 atom stereocenters. The van der Waals surface area contributed by atoms with Crippen molar-refractivity contribution in [1.82, 2.24) is 5.32 Å². The van der Waals surface area contributed by atoms with Gasteiger partial charge in [0, 0.05) is 19.4 Å². The summed E-state index contributed by atoms with van der Waals surface area (Å²) < 4.78 is 0. The number of carbonyl (C=O) groups is 1. The molecular weight excluding hydrogens is 360 g/mol. The number of quaternary nitrogens is 1. The summed E-state index contributed by atoms with van der Waals surface area (Å²) in [5, 5.41) is 13.1. The average Bonchev–Trinajstić information content (AvgIpc) is 2.73. The molecule has 0 heterocycles. The molecule has 0 aliphatic carbocycles. The topological polar surface area (TPSA) is 68.8 Å². The summed E-state index contributed by atoms with van der Waals surface area (Å²) in [4.78, 5) is 11.6. The van der Waals surface area contributed by atoms with Gasteiger partial charge in [-0.15, -0.1) is 0 Å². The monoisotopic (exact) mass is 410 g/mol. The fourth-order valence-electron chi connectivity index (χ4n) is 3.56. The summed E-state index contributed by atoms with van der Waals surface area (Å²) in [7, 11) is 0. The van der Waals surface area contributed by atoms with Crippen LogP contribution in [0.15, 0.2) is 12.2 Å². The molecule has 0 radical (unpaired) electrons. The van der Waals surface area contributed by atoms with Crippen LogP contribution in [0.25, 0.3) is 0 Å². The van der Waals surface area contributed by atoms with Crippen LogP contribution in [0.3, 0.4) is 0 Å². The smallest absolute Gasteiger partial charge is 0.219 e. The zero-order valence-electron chi connectivity index (χ0n) is 19.4. The predicted molar refractivity (Wildman–Crippen MR) is 126 cm³/mol. The summed E-state index contributed by atoms with van der Waals surface area (Å²) >= 11 is 0. The molecule has 4 nitrogen and oxygen atoms in total. The first kappa shape index (κ1) is 28.1. The SMILES string of the molecule is CCCCCCCC/C=C\CCCCCCCCCCCC(=O)NCCC[NH2+][O-]. The molecule has 0 saturated heterocycles. The van der Waals surface area contributed by atoms with Crippen molar-refractivity contribution >= 4 is 5.91 Å². The van der Waals surface area contributed by atoms with E-state index in [1.165, 1.54) is 96.3 Å². The highest BCUT2D eigenvalue weighted by Crippen LogP contribution is 2.12. The van der Waals surface area contributed by atoms with E-state index in [0.29, 0.717) is 19.5 Å². The van der Waals surface area contributed by atoms with Crippen LogP contribution >= 0.6 is 0 Å². The average molecular weight is 411 g/mol. The van der Waals surface area contributed by atoms with Gasteiger partial charge in [0.2, 0.25) is 5.91 Å². The van der Waals surface area contributed by atoms with Crippen LogP contribution in [0, 0.1) is 5.21 Å². The molecule has 0 aliphatic heterocycles. The number of unbranched alkanes of at least 4 members (excludes halogenated alkanes) is 15. The minimum Gasteiger partial charge on any atom is -0.636 e. The van der Waals surface area contributed by atoms with Crippen molar-refractivity contribution in [2.45, 2.75) is 129 Å². The van der Waals surface area contributed by atoms with E-state index in [0.717, 1.165) is 24.7 Å². The molecule has 0 fully saturated rings. The van der Waals surface area contributed by atoms with Crippen LogP contribution in [-0.4, -0.2) is 19.0 Å². The maximum atomic E-state index is 11.6. The van der Waals surface area contributed by atoms with Gasteiger partial charge in [-0.2, -0.15) is 0 Å². The number of nitrogens with two attached hydrogens (primary N) is 1. The molecule has 0 bridgehead atoms. The van der Waals surface area contributed by atoms with Crippen molar-refractivity contribution in [3.63, 3.8) is 0 Å². The molecule has 0 saturated carbocycles. The molecule has 3 N–H and O–H groups in total. The molecule has 4 heteroatoms. The Labute approximate surface area is 181 Å². The summed E-state index contributed by atoms with van der Waals surface area (Å²) in [5.74, 6) is 0.136. The number of nitrogens with one attached hydrogen (secondary N) is 1. The molecule has 0 aromatic rings. The second-order valence-corrected chi connectivity index (χ2v) is 8.41. The first-order valence-electron chi connectivity index (χ1n) is 12.7. The van der Waals surface area contributed by atoms with Crippen LogP contribution in [-0.2, 0) is 4.79 Å². The highest BCUT2D eigenvalue weighted by Gasteiger charge is 2.00. The minimum atomic E-state index is 0.136. The summed E-state index contributed by atoms with van der Waals surface area (Å²) in [6.07, 6.45) is 28.5. The Kier molecular flexibility index (Phi) is 24.4.